The molecule has 1 amide bonds. The molecule has 0 fully saturated rings. The minimum atomic E-state index is -0.762. The third kappa shape index (κ3) is 4.89. The fraction of sp³-hybridized carbons (Fsp3) is 0.217. The molecule has 2 aromatic heterocycles. The van der Waals surface area contributed by atoms with Gasteiger partial charge in [-0.2, -0.15) is 9.78 Å². The summed E-state index contributed by atoms with van der Waals surface area (Å²) >= 11 is 0. The Morgan fingerprint density at radius 3 is 2.92 bits per heavy atom. The molecule has 0 radical (unpaired) electrons. The van der Waals surface area contributed by atoms with Gasteiger partial charge in [-0.3, -0.25) is 14.9 Å². The summed E-state index contributed by atoms with van der Waals surface area (Å²) in [5, 5.41) is 40.5. The number of hydrogen-bond acceptors (Lipinski definition) is 13. The van der Waals surface area contributed by atoms with Crippen molar-refractivity contribution in [3.05, 3.63) is 69.0 Å². The molecule has 16 heteroatoms. The second kappa shape index (κ2) is 10.4. The first-order chi connectivity index (χ1) is 18.9. The number of para-hydroxylation sites is 1. The molecule has 0 atom stereocenters. The van der Waals surface area contributed by atoms with Crippen LogP contribution in [-0.4, -0.2) is 61.1 Å². The van der Waals surface area contributed by atoms with Crippen LogP contribution in [0.1, 0.15) is 33.7 Å². The van der Waals surface area contributed by atoms with Crippen molar-refractivity contribution < 1.29 is 24.2 Å². The van der Waals surface area contributed by atoms with Crippen LogP contribution >= 0.6 is 0 Å². The number of amides is 1. The van der Waals surface area contributed by atoms with Gasteiger partial charge < -0.3 is 20.5 Å². The SMILES string of the molecule is COc1cc(C=NNC(=O)c2nnn(-c3nonc3N)c2CN2CCCc3ccccc32)cc([N+](=O)[O-])c1O. The second-order valence-electron chi connectivity index (χ2n) is 8.47. The number of anilines is 2. The topological polar surface area (TPSA) is 213 Å². The van der Waals surface area contributed by atoms with Crippen molar-refractivity contribution in [2.24, 2.45) is 5.10 Å². The van der Waals surface area contributed by atoms with Crippen LogP contribution in [0.4, 0.5) is 17.2 Å². The number of nitrogens with one attached hydrogen (secondary N) is 1. The highest BCUT2D eigenvalue weighted by atomic mass is 16.6. The third-order valence-electron chi connectivity index (χ3n) is 6.10. The van der Waals surface area contributed by atoms with Gasteiger partial charge in [0, 0.05) is 23.9 Å². The van der Waals surface area contributed by atoms with Crippen LogP contribution in [0, 0.1) is 10.1 Å². The van der Waals surface area contributed by atoms with Crippen LogP contribution in [-0.2, 0) is 13.0 Å². The molecule has 0 saturated carbocycles. The van der Waals surface area contributed by atoms with E-state index in [-0.39, 0.29) is 35.2 Å². The number of nitrogens with zero attached hydrogens (tertiary/aromatic N) is 8. The van der Waals surface area contributed by atoms with Gasteiger partial charge in [-0.25, -0.2) is 10.1 Å². The van der Waals surface area contributed by atoms with Gasteiger partial charge in [0.25, 0.3) is 5.91 Å². The molecule has 2 aromatic carbocycles. The number of carbonyl (C=O) groups excluding carboxylic acids is 1. The Kier molecular flexibility index (Phi) is 6.73. The molecule has 3 heterocycles. The van der Waals surface area contributed by atoms with Crippen molar-refractivity contribution in [2.75, 3.05) is 24.3 Å². The number of nitrogens with two attached hydrogens (primary N) is 1. The van der Waals surface area contributed by atoms with Crippen LogP contribution in [0.5, 0.6) is 11.5 Å². The summed E-state index contributed by atoms with van der Waals surface area (Å²) in [6.07, 6.45) is 3.02. The van der Waals surface area contributed by atoms with E-state index in [2.05, 4.69) is 42.1 Å². The Morgan fingerprint density at radius 1 is 1.36 bits per heavy atom. The maximum Gasteiger partial charge on any atom is 0.315 e. The van der Waals surface area contributed by atoms with Gasteiger partial charge >= 0.3 is 5.69 Å². The first-order valence-corrected chi connectivity index (χ1v) is 11.6. The molecule has 0 bridgehead atoms. The number of nitro benzene ring substituents is 1. The number of carbonyl (C=O) groups is 1. The average molecular weight is 534 g/mol. The number of phenols is 1. The number of aryl methyl sites for hydroxylation is 1. The Morgan fingerprint density at radius 2 is 2.18 bits per heavy atom. The zero-order chi connectivity index (χ0) is 27.5. The molecule has 0 saturated heterocycles. The maximum absolute atomic E-state index is 13.1. The van der Waals surface area contributed by atoms with E-state index in [1.807, 2.05) is 18.2 Å². The lowest BCUT2D eigenvalue weighted by Crippen LogP contribution is -2.31. The Labute approximate surface area is 219 Å². The van der Waals surface area contributed by atoms with Crippen molar-refractivity contribution in [3.63, 3.8) is 0 Å². The van der Waals surface area contributed by atoms with Crippen LogP contribution in [0.3, 0.4) is 0 Å². The molecular formula is C23H22N10O6. The Hall–Kier alpha value is -5.54. The van der Waals surface area contributed by atoms with Crippen molar-refractivity contribution in [1.29, 1.82) is 0 Å². The molecule has 200 valence electrons. The van der Waals surface area contributed by atoms with Crippen molar-refractivity contribution in [1.82, 2.24) is 30.7 Å². The second-order valence-corrected chi connectivity index (χ2v) is 8.47. The van der Waals surface area contributed by atoms with Crippen LogP contribution in [0.15, 0.2) is 46.1 Å². The molecule has 0 unspecified atom stereocenters. The normalized spacial score (nSPS) is 12.9. The van der Waals surface area contributed by atoms with E-state index in [9.17, 15) is 20.0 Å². The van der Waals surface area contributed by atoms with E-state index in [1.165, 1.54) is 23.4 Å². The minimum Gasteiger partial charge on any atom is -0.500 e. The van der Waals surface area contributed by atoms with Crippen LogP contribution < -0.4 is 20.8 Å². The number of hydrogen-bond donors (Lipinski definition) is 3. The predicted molar refractivity (Wildman–Crippen MR) is 136 cm³/mol. The van der Waals surface area contributed by atoms with E-state index in [1.54, 1.807) is 0 Å². The van der Waals surface area contributed by atoms with Crippen molar-refractivity contribution >= 4 is 29.3 Å². The summed E-state index contributed by atoms with van der Waals surface area (Å²) in [4.78, 5) is 25.7. The summed E-state index contributed by atoms with van der Waals surface area (Å²) in [5.41, 5.74) is 10.4. The number of fused-ring (bicyclic) bond motifs is 1. The lowest BCUT2D eigenvalue weighted by molar-refractivity contribution is -0.386. The van der Waals surface area contributed by atoms with Gasteiger partial charge in [0.1, 0.15) is 0 Å². The number of phenolic OH excluding ortho intramolecular Hbond substituents is 1. The number of nitro groups is 1. The highest BCUT2D eigenvalue weighted by Gasteiger charge is 2.27. The summed E-state index contributed by atoms with van der Waals surface area (Å²) in [7, 11) is 1.25. The number of rotatable bonds is 8. The van der Waals surface area contributed by atoms with Gasteiger partial charge in [0.2, 0.25) is 17.4 Å². The summed E-state index contributed by atoms with van der Waals surface area (Å²) < 4.78 is 11.0. The van der Waals surface area contributed by atoms with E-state index in [0.29, 0.717) is 5.69 Å². The Bertz CT molecular complexity index is 1580. The van der Waals surface area contributed by atoms with E-state index in [4.69, 9.17) is 15.1 Å². The molecule has 4 N–H and O–H groups in total. The van der Waals surface area contributed by atoms with E-state index < -0.39 is 22.3 Å². The lowest BCUT2D eigenvalue weighted by Gasteiger charge is -2.31. The number of nitrogen functional groups attached to an aromatic ring is 1. The zero-order valence-electron chi connectivity index (χ0n) is 20.5. The number of aromatic nitrogens is 5. The fourth-order valence-electron chi connectivity index (χ4n) is 4.29. The smallest absolute Gasteiger partial charge is 0.315 e. The van der Waals surface area contributed by atoms with Gasteiger partial charge in [-0.1, -0.05) is 23.4 Å². The van der Waals surface area contributed by atoms with Crippen LogP contribution in [0.2, 0.25) is 0 Å². The maximum atomic E-state index is 13.1. The molecule has 1 aliphatic heterocycles. The molecule has 16 nitrogen and oxygen atoms in total. The first-order valence-electron chi connectivity index (χ1n) is 11.6. The number of benzene rings is 2. The minimum absolute atomic E-state index is 0.0342. The monoisotopic (exact) mass is 534 g/mol. The summed E-state index contributed by atoms with van der Waals surface area (Å²) in [6, 6.07) is 10.4. The van der Waals surface area contributed by atoms with E-state index >= 15 is 0 Å². The predicted octanol–water partition coefficient (Wildman–Crippen LogP) is 1.57. The largest absolute Gasteiger partial charge is 0.500 e. The van der Waals surface area contributed by atoms with Gasteiger partial charge in [-0.15, -0.1) is 5.10 Å². The van der Waals surface area contributed by atoms with Crippen molar-refractivity contribution in [2.45, 2.75) is 19.4 Å². The number of ether oxygens (including phenoxy) is 1. The van der Waals surface area contributed by atoms with Crippen LogP contribution in [0.25, 0.3) is 5.82 Å². The van der Waals surface area contributed by atoms with Gasteiger partial charge in [0.15, 0.2) is 11.4 Å². The number of hydrazone groups is 1. The number of aromatic hydroxyl groups is 1. The van der Waals surface area contributed by atoms with Gasteiger partial charge in [0.05, 0.1) is 30.5 Å². The first kappa shape index (κ1) is 25.1. The molecule has 1 aliphatic rings. The third-order valence-corrected chi connectivity index (χ3v) is 6.10. The van der Waals surface area contributed by atoms with Gasteiger partial charge in [-0.05, 0) is 40.9 Å². The van der Waals surface area contributed by atoms with E-state index in [0.717, 1.165) is 37.4 Å². The summed E-state index contributed by atoms with van der Waals surface area (Å²) in [6.45, 7) is 0.972. The molecule has 0 aliphatic carbocycles. The zero-order valence-corrected chi connectivity index (χ0v) is 20.5. The quantitative estimate of drug-likeness (QED) is 0.167. The molecular weight excluding hydrogens is 512 g/mol. The number of methoxy groups -OCH3 is 1. The standard InChI is InChI=1S/C23H22N10O6/c1-38-18-10-13(9-16(20(18)34)33(36)37)11-25-27-23(35)19-17(32(30-26-19)22-21(24)28-39-29-22)12-31-8-4-6-14-5-2-3-7-15(14)31/h2-3,5,7,9-11,34H,4,6,8,12H2,1H3,(H2,24,28)(H,27,35). The Balaban J connectivity index is 1.44. The fourth-order valence-corrected chi connectivity index (χ4v) is 4.29. The highest BCUT2D eigenvalue weighted by molar-refractivity contribution is 5.94. The lowest BCUT2D eigenvalue weighted by atomic mass is 10.0. The highest BCUT2D eigenvalue weighted by Crippen LogP contribution is 2.36. The van der Waals surface area contributed by atoms with Crippen molar-refractivity contribution in [3.8, 4) is 17.3 Å². The molecule has 5 rings (SSSR count). The molecule has 4 aromatic rings. The molecule has 39 heavy (non-hydrogen) atoms. The summed E-state index contributed by atoms with van der Waals surface area (Å²) in [5.74, 6) is -1.40. The average Bonchev–Trinajstić information content (AvgIpc) is 3.54. The molecule has 0 spiro atoms.